The van der Waals surface area contributed by atoms with Crippen LogP contribution in [-0.4, -0.2) is 16.2 Å². The molecule has 0 unspecified atom stereocenters. The first kappa shape index (κ1) is 9.31. The van der Waals surface area contributed by atoms with Gasteiger partial charge in [0.15, 0.2) is 5.16 Å². The standard InChI is InChI=1S/C6H5F3N2S/c1-12-5-10-3-2-4(11-5)6(7,8)9/h2-3H,1H3. The van der Waals surface area contributed by atoms with E-state index in [2.05, 4.69) is 9.97 Å². The van der Waals surface area contributed by atoms with Gasteiger partial charge >= 0.3 is 6.18 Å². The summed E-state index contributed by atoms with van der Waals surface area (Å²) >= 11 is 1.08. The Kier molecular flexibility index (Phi) is 2.56. The average Bonchev–Trinajstić information content (AvgIpc) is 2.03. The van der Waals surface area contributed by atoms with E-state index in [9.17, 15) is 13.2 Å². The lowest BCUT2D eigenvalue weighted by molar-refractivity contribution is -0.141. The minimum absolute atomic E-state index is 0.129. The first-order chi connectivity index (χ1) is 5.54. The molecule has 1 heterocycles. The molecule has 66 valence electrons. The third-order valence-corrected chi connectivity index (χ3v) is 1.67. The van der Waals surface area contributed by atoms with E-state index in [4.69, 9.17) is 0 Å². The number of rotatable bonds is 1. The second kappa shape index (κ2) is 3.30. The Morgan fingerprint density at radius 2 is 2.08 bits per heavy atom. The molecule has 0 saturated carbocycles. The van der Waals surface area contributed by atoms with Crippen molar-refractivity contribution in [3.05, 3.63) is 18.0 Å². The van der Waals surface area contributed by atoms with Crippen molar-refractivity contribution < 1.29 is 13.2 Å². The van der Waals surface area contributed by atoms with Gasteiger partial charge in [-0.15, -0.1) is 0 Å². The molecule has 0 atom stereocenters. The predicted molar refractivity (Wildman–Crippen MR) is 38.8 cm³/mol. The van der Waals surface area contributed by atoms with Crippen LogP contribution in [0.2, 0.25) is 0 Å². The minimum atomic E-state index is -4.38. The molecule has 0 radical (unpaired) electrons. The molecular weight excluding hydrogens is 189 g/mol. The molecule has 1 rings (SSSR count). The number of alkyl halides is 3. The third kappa shape index (κ3) is 2.10. The van der Waals surface area contributed by atoms with Gasteiger partial charge < -0.3 is 0 Å². The van der Waals surface area contributed by atoms with E-state index >= 15 is 0 Å². The lowest BCUT2D eigenvalue weighted by Crippen LogP contribution is -2.08. The molecule has 1 aromatic heterocycles. The van der Waals surface area contributed by atoms with Gasteiger partial charge in [-0.1, -0.05) is 11.8 Å². The highest BCUT2D eigenvalue weighted by Crippen LogP contribution is 2.27. The van der Waals surface area contributed by atoms with Crippen LogP contribution in [0, 0.1) is 0 Å². The fraction of sp³-hybridized carbons (Fsp3) is 0.333. The molecule has 0 fully saturated rings. The molecule has 6 heteroatoms. The molecule has 0 aliphatic rings. The predicted octanol–water partition coefficient (Wildman–Crippen LogP) is 2.22. The van der Waals surface area contributed by atoms with Gasteiger partial charge in [0.2, 0.25) is 0 Å². The summed E-state index contributed by atoms with van der Waals surface area (Å²) in [6.07, 6.45) is -1.66. The van der Waals surface area contributed by atoms with Crippen LogP contribution in [0.15, 0.2) is 17.4 Å². The van der Waals surface area contributed by atoms with Crippen molar-refractivity contribution in [3.63, 3.8) is 0 Å². The second-order valence-electron chi connectivity index (χ2n) is 1.93. The van der Waals surface area contributed by atoms with E-state index in [1.807, 2.05) is 0 Å². The average molecular weight is 194 g/mol. The zero-order chi connectivity index (χ0) is 9.19. The van der Waals surface area contributed by atoms with Gasteiger partial charge in [-0.05, 0) is 12.3 Å². The van der Waals surface area contributed by atoms with E-state index in [1.54, 1.807) is 6.26 Å². The molecule has 0 aliphatic carbocycles. The molecule has 0 N–H and O–H groups in total. The Balaban J connectivity index is 3.02. The van der Waals surface area contributed by atoms with Crippen LogP contribution in [0.4, 0.5) is 13.2 Å². The molecular formula is C6H5F3N2S. The first-order valence-corrected chi connectivity index (χ1v) is 4.21. The van der Waals surface area contributed by atoms with Crippen molar-refractivity contribution in [2.24, 2.45) is 0 Å². The van der Waals surface area contributed by atoms with Crippen molar-refractivity contribution >= 4 is 11.8 Å². The van der Waals surface area contributed by atoms with Gasteiger partial charge in [0.25, 0.3) is 0 Å². The van der Waals surface area contributed by atoms with Crippen molar-refractivity contribution in [3.8, 4) is 0 Å². The maximum Gasteiger partial charge on any atom is 0.433 e. The van der Waals surface area contributed by atoms with Crippen LogP contribution in [-0.2, 0) is 6.18 Å². The number of aromatic nitrogens is 2. The molecule has 0 spiro atoms. The van der Waals surface area contributed by atoms with Crippen molar-refractivity contribution in [1.82, 2.24) is 9.97 Å². The van der Waals surface area contributed by atoms with Crippen LogP contribution < -0.4 is 0 Å². The Morgan fingerprint density at radius 1 is 1.42 bits per heavy atom. The van der Waals surface area contributed by atoms with Crippen LogP contribution in [0.3, 0.4) is 0 Å². The van der Waals surface area contributed by atoms with E-state index in [1.165, 1.54) is 0 Å². The van der Waals surface area contributed by atoms with Gasteiger partial charge in [-0.3, -0.25) is 0 Å². The third-order valence-electron chi connectivity index (χ3n) is 1.11. The number of halogens is 3. The van der Waals surface area contributed by atoms with Gasteiger partial charge in [0, 0.05) is 6.20 Å². The quantitative estimate of drug-likeness (QED) is 0.506. The van der Waals surface area contributed by atoms with Gasteiger partial charge in [-0.2, -0.15) is 13.2 Å². The summed E-state index contributed by atoms with van der Waals surface area (Å²) in [5.74, 6) is 0. The number of nitrogens with zero attached hydrogens (tertiary/aromatic N) is 2. The fourth-order valence-corrected chi connectivity index (χ4v) is 0.953. The second-order valence-corrected chi connectivity index (χ2v) is 2.70. The maximum absolute atomic E-state index is 12.0. The summed E-state index contributed by atoms with van der Waals surface area (Å²) in [4.78, 5) is 6.91. The van der Waals surface area contributed by atoms with Crippen LogP contribution in [0.5, 0.6) is 0 Å². The van der Waals surface area contributed by atoms with Crippen molar-refractivity contribution in [2.45, 2.75) is 11.3 Å². The smallest absolute Gasteiger partial charge is 0.231 e. The molecule has 12 heavy (non-hydrogen) atoms. The van der Waals surface area contributed by atoms with Gasteiger partial charge in [0.1, 0.15) is 5.69 Å². The number of hydrogen-bond donors (Lipinski definition) is 0. The fourth-order valence-electron chi connectivity index (χ4n) is 0.597. The highest BCUT2D eigenvalue weighted by molar-refractivity contribution is 7.98. The monoisotopic (exact) mass is 194 g/mol. The highest BCUT2D eigenvalue weighted by atomic mass is 32.2. The zero-order valence-corrected chi connectivity index (χ0v) is 6.91. The summed E-state index contributed by atoms with van der Waals surface area (Å²) in [7, 11) is 0. The molecule has 0 aliphatic heterocycles. The highest BCUT2D eigenvalue weighted by Gasteiger charge is 2.32. The summed E-state index contributed by atoms with van der Waals surface area (Å²) in [5.41, 5.74) is -0.901. The normalized spacial score (nSPS) is 11.7. The minimum Gasteiger partial charge on any atom is -0.231 e. The van der Waals surface area contributed by atoms with Crippen LogP contribution >= 0.6 is 11.8 Å². The SMILES string of the molecule is CSc1nccc(C(F)(F)F)n1. The zero-order valence-electron chi connectivity index (χ0n) is 6.09. The number of thioether (sulfide) groups is 1. The molecule has 1 aromatic rings. The lowest BCUT2D eigenvalue weighted by Gasteiger charge is -2.04. The van der Waals surface area contributed by atoms with Gasteiger partial charge in [0.05, 0.1) is 0 Å². The number of hydrogen-bond acceptors (Lipinski definition) is 3. The lowest BCUT2D eigenvalue weighted by atomic mass is 10.4. The molecule has 0 bridgehead atoms. The topological polar surface area (TPSA) is 25.8 Å². The largest absolute Gasteiger partial charge is 0.433 e. The van der Waals surface area contributed by atoms with Crippen molar-refractivity contribution in [2.75, 3.05) is 6.26 Å². The molecule has 2 nitrogen and oxygen atoms in total. The summed E-state index contributed by atoms with van der Waals surface area (Å²) in [5, 5.41) is 0.129. The van der Waals surface area contributed by atoms with E-state index in [-0.39, 0.29) is 5.16 Å². The summed E-state index contributed by atoms with van der Waals surface area (Å²) in [6, 6.07) is 0.847. The van der Waals surface area contributed by atoms with E-state index in [0.29, 0.717) is 0 Å². The van der Waals surface area contributed by atoms with E-state index < -0.39 is 11.9 Å². The molecule has 0 amide bonds. The van der Waals surface area contributed by atoms with Gasteiger partial charge in [-0.25, -0.2) is 9.97 Å². The Hall–Kier alpha value is -0.780. The van der Waals surface area contributed by atoms with Crippen LogP contribution in [0.1, 0.15) is 5.69 Å². The Labute approximate surface area is 71.2 Å². The summed E-state index contributed by atoms with van der Waals surface area (Å²) in [6.45, 7) is 0. The van der Waals surface area contributed by atoms with E-state index in [0.717, 1.165) is 24.0 Å². The summed E-state index contributed by atoms with van der Waals surface area (Å²) < 4.78 is 36.0. The molecule has 0 saturated heterocycles. The first-order valence-electron chi connectivity index (χ1n) is 2.98. The Bertz CT molecular complexity index is 274. The van der Waals surface area contributed by atoms with Crippen molar-refractivity contribution in [1.29, 1.82) is 0 Å². The molecule has 0 aromatic carbocycles. The Morgan fingerprint density at radius 3 is 2.58 bits per heavy atom. The maximum atomic E-state index is 12.0. The van der Waals surface area contributed by atoms with Crippen LogP contribution in [0.25, 0.3) is 0 Å².